The maximum absolute atomic E-state index is 10.3. The molecule has 0 saturated heterocycles. The first kappa shape index (κ1) is 35.5. The standard InChI is InChI=1S/C18H34O2.C3H8O3.Na.H2O/c1-2-3-4-5-6-7-8-9-10-11-12-13-14-15-16-17-18(19)20;4-1-3(6)2-5;;/h9-10H,2-8,11-17H2,1H3,(H,19,20);3-6H,1-2H2;;1H2/q;;+1;/p-1. The summed E-state index contributed by atoms with van der Waals surface area (Å²) in [6.07, 6.45) is 20.3. The Morgan fingerprint density at radius 2 is 1.18 bits per heavy atom. The first-order valence-corrected chi connectivity index (χ1v) is 10.3. The van der Waals surface area contributed by atoms with Crippen LogP contribution in [0.4, 0.5) is 0 Å². The van der Waals surface area contributed by atoms with E-state index in [4.69, 9.17) is 20.4 Å². The molecule has 0 aromatic heterocycles. The maximum Gasteiger partial charge on any atom is 1.00 e. The molecule has 0 amide bonds. The van der Waals surface area contributed by atoms with Crippen molar-refractivity contribution in [2.45, 2.75) is 103 Å². The molecule has 5 N–H and O–H groups in total. The number of allylic oxidation sites excluding steroid dienone is 2. The third-order valence-corrected chi connectivity index (χ3v) is 4.07. The van der Waals surface area contributed by atoms with Gasteiger partial charge in [-0.1, -0.05) is 70.4 Å². The van der Waals surface area contributed by atoms with Gasteiger partial charge in [0.1, 0.15) is 6.10 Å². The van der Waals surface area contributed by atoms with Gasteiger partial charge in [-0.25, -0.2) is 0 Å². The van der Waals surface area contributed by atoms with Crippen molar-refractivity contribution in [3.63, 3.8) is 0 Å². The van der Waals surface area contributed by atoms with E-state index >= 15 is 0 Å². The minimum absolute atomic E-state index is 0. The smallest absolute Gasteiger partial charge is 0.870 e. The van der Waals surface area contributed by atoms with Crippen LogP contribution in [-0.2, 0) is 4.79 Å². The topological polar surface area (TPSA) is 128 Å². The van der Waals surface area contributed by atoms with Gasteiger partial charge in [0.15, 0.2) is 0 Å². The average molecular weight is 415 g/mol. The summed E-state index contributed by atoms with van der Waals surface area (Å²) in [5.74, 6) is -0.664. The van der Waals surface area contributed by atoms with E-state index in [2.05, 4.69) is 19.1 Å². The fourth-order valence-corrected chi connectivity index (χ4v) is 2.40. The van der Waals surface area contributed by atoms with Gasteiger partial charge < -0.3 is 25.9 Å². The zero-order chi connectivity index (χ0) is 19.9. The van der Waals surface area contributed by atoms with Crippen LogP contribution in [-0.4, -0.2) is 51.2 Å². The second-order valence-corrected chi connectivity index (χ2v) is 6.75. The third-order valence-electron chi connectivity index (χ3n) is 4.07. The van der Waals surface area contributed by atoms with Crippen LogP contribution < -0.4 is 29.6 Å². The van der Waals surface area contributed by atoms with Gasteiger partial charge in [0.25, 0.3) is 0 Å². The van der Waals surface area contributed by atoms with Crippen molar-refractivity contribution in [1.29, 1.82) is 0 Å². The minimum Gasteiger partial charge on any atom is -0.870 e. The molecule has 0 aromatic rings. The summed E-state index contributed by atoms with van der Waals surface area (Å²) in [4.78, 5) is 10.3. The number of carbonyl (C=O) groups is 1. The zero-order valence-electron chi connectivity index (χ0n) is 18.2. The van der Waals surface area contributed by atoms with E-state index in [1.165, 1.54) is 70.6 Å². The number of hydrogen-bond donors (Lipinski definition) is 4. The number of carboxylic acids is 1. The van der Waals surface area contributed by atoms with Crippen LogP contribution in [0.2, 0.25) is 0 Å². The molecule has 0 bridgehead atoms. The van der Waals surface area contributed by atoms with Crippen LogP contribution in [0.3, 0.4) is 0 Å². The molecule has 28 heavy (non-hydrogen) atoms. The Hall–Kier alpha value is 0.0500. The second-order valence-electron chi connectivity index (χ2n) is 6.75. The quantitative estimate of drug-likeness (QED) is 0.161. The van der Waals surface area contributed by atoms with Crippen molar-refractivity contribution < 1.29 is 60.3 Å². The molecule has 0 aliphatic heterocycles. The van der Waals surface area contributed by atoms with Gasteiger partial charge in [0, 0.05) is 6.42 Å². The SMILES string of the molecule is CCCCCCCCC=CCCCCCCCC(=O)O.OCC(O)CO.[Na+].[OH-]. The first-order chi connectivity index (χ1) is 12.6. The van der Waals surface area contributed by atoms with Gasteiger partial charge in [0.05, 0.1) is 13.2 Å². The number of hydrogen-bond acceptors (Lipinski definition) is 5. The summed E-state index contributed by atoms with van der Waals surface area (Å²) in [5.41, 5.74) is 0. The van der Waals surface area contributed by atoms with E-state index < -0.39 is 12.1 Å². The van der Waals surface area contributed by atoms with E-state index in [9.17, 15) is 4.79 Å². The maximum atomic E-state index is 10.3. The Morgan fingerprint density at radius 3 is 1.54 bits per heavy atom. The fraction of sp³-hybridized carbons (Fsp3) is 0.857. The Morgan fingerprint density at radius 1 is 0.786 bits per heavy atom. The second kappa shape index (κ2) is 31.7. The summed E-state index contributed by atoms with van der Waals surface area (Å²) in [5, 5.41) is 32.5. The molecule has 6 nitrogen and oxygen atoms in total. The molecule has 0 radical (unpaired) electrons. The van der Waals surface area contributed by atoms with Crippen molar-refractivity contribution in [3.8, 4) is 0 Å². The van der Waals surface area contributed by atoms with E-state index in [1.807, 2.05) is 0 Å². The number of aliphatic hydroxyl groups excluding tert-OH is 3. The number of unbranched alkanes of at least 4 members (excludes halogenated alkanes) is 11. The molecule has 0 saturated carbocycles. The van der Waals surface area contributed by atoms with Crippen LogP contribution in [0, 0.1) is 0 Å². The molecule has 7 heteroatoms. The monoisotopic (exact) mass is 414 g/mol. The predicted octanol–water partition coefficient (Wildman–Crippen LogP) is 1.27. The van der Waals surface area contributed by atoms with Crippen molar-refractivity contribution in [1.82, 2.24) is 0 Å². The van der Waals surface area contributed by atoms with E-state index in [1.54, 1.807) is 0 Å². The molecule has 164 valence electrons. The van der Waals surface area contributed by atoms with E-state index in [0.717, 1.165) is 12.8 Å². The Labute approximate surface area is 194 Å². The molecule has 0 aliphatic rings. The van der Waals surface area contributed by atoms with Gasteiger partial charge >= 0.3 is 35.5 Å². The zero-order valence-corrected chi connectivity index (χ0v) is 20.2. The van der Waals surface area contributed by atoms with Crippen molar-refractivity contribution >= 4 is 5.97 Å². The Bertz CT molecular complexity index is 309. The summed E-state index contributed by atoms with van der Waals surface area (Å²) in [6.45, 7) is 1.53. The van der Waals surface area contributed by atoms with Crippen LogP contribution in [0.1, 0.15) is 96.8 Å². The average Bonchev–Trinajstić information content (AvgIpc) is 2.64. The molecule has 0 spiro atoms. The predicted molar refractivity (Wildman–Crippen MR) is 109 cm³/mol. The molecule has 0 fully saturated rings. The van der Waals surface area contributed by atoms with Gasteiger partial charge in [-0.3, -0.25) is 4.79 Å². The summed E-state index contributed by atoms with van der Waals surface area (Å²) < 4.78 is 0. The van der Waals surface area contributed by atoms with E-state index in [0.29, 0.717) is 6.42 Å². The van der Waals surface area contributed by atoms with Gasteiger partial charge in [-0.05, 0) is 32.1 Å². The number of carboxylic acid groups (broad SMARTS) is 1. The summed E-state index contributed by atoms with van der Waals surface area (Å²) in [6, 6.07) is 0. The molecule has 0 unspecified atom stereocenters. The van der Waals surface area contributed by atoms with Crippen LogP contribution in [0.25, 0.3) is 0 Å². The van der Waals surface area contributed by atoms with Crippen molar-refractivity contribution in [2.75, 3.05) is 13.2 Å². The molecular weight excluding hydrogens is 371 g/mol. The van der Waals surface area contributed by atoms with Crippen LogP contribution in [0.5, 0.6) is 0 Å². The Balaban J connectivity index is -0.000000312. The Kier molecular flexibility index (Phi) is 40.2. The van der Waals surface area contributed by atoms with Gasteiger partial charge in [-0.2, -0.15) is 0 Å². The molecular formula is C21H43NaO6. The molecule has 0 heterocycles. The molecule has 0 rings (SSSR count). The molecule has 0 atom stereocenters. The van der Waals surface area contributed by atoms with Crippen molar-refractivity contribution in [2.24, 2.45) is 0 Å². The molecule has 0 aromatic carbocycles. The summed E-state index contributed by atoms with van der Waals surface area (Å²) >= 11 is 0. The largest absolute Gasteiger partial charge is 1.00 e. The normalized spacial score (nSPS) is 10.2. The fourth-order valence-electron chi connectivity index (χ4n) is 2.40. The van der Waals surface area contributed by atoms with E-state index in [-0.39, 0.29) is 48.2 Å². The minimum atomic E-state index is -0.954. The van der Waals surface area contributed by atoms with Gasteiger partial charge in [-0.15, -0.1) is 0 Å². The third kappa shape index (κ3) is 36.9. The first-order valence-electron chi connectivity index (χ1n) is 10.3. The summed E-state index contributed by atoms with van der Waals surface area (Å²) in [7, 11) is 0. The molecule has 0 aliphatic carbocycles. The number of aliphatic carboxylic acids is 1. The van der Waals surface area contributed by atoms with Gasteiger partial charge in [0.2, 0.25) is 0 Å². The number of rotatable bonds is 17. The van der Waals surface area contributed by atoms with Crippen molar-refractivity contribution in [3.05, 3.63) is 12.2 Å². The number of aliphatic hydroxyl groups is 3. The van der Waals surface area contributed by atoms with Crippen LogP contribution in [0.15, 0.2) is 12.2 Å². The van der Waals surface area contributed by atoms with Crippen LogP contribution >= 0.6 is 0 Å².